The van der Waals surface area contributed by atoms with Crippen LogP contribution in [0.4, 0.5) is 0 Å². The van der Waals surface area contributed by atoms with E-state index in [-0.39, 0.29) is 29.4 Å². The molecular formula is C20H27N3O4. The monoisotopic (exact) mass is 373 g/mol. The molecule has 7 heteroatoms. The highest BCUT2D eigenvalue weighted by Crippen LogP contribution is 2.27. The van der Waals surface area contributed by atoms with Crippen molar-refractivity contribution in [3.8, 4) is 0 Å². The molecule has 3 amide bonds. The van der Waals surface area contributed by atoms with Gasteiger partial charge >= 0.3 is 0 Å². The summed E-state index contributed by atoms with van der Waals surface area (Å²) in [5.74, 6) is 0.506. The second-order valence-corrected chi connectivity index (χ2v) is 7.77. The number of rotatable bonds is 3. The van der Waals surface area contributed by atoms with Gasteiger partial charge in [-0.25, -0.2) is 0 Å². The summed E-state index contributed by atoms with van der Waals surface area (Å²) in [4.78, 5) is 43.6. The summed E-state index contributed by atoms with van der Waals surface area (Å²) in [5, 5.41) is 0. The number of amides is 3. The number of likely N-dealkylation sites (tertiary alicyclic amines) is 1. The first-order valence-electron chi connectivity index (χ1n) is 10.1. The van der Waals surface area contributed by atoms with E-state index in [1.807, 2.05) is 9.80 Å². The molecule has 0 aromatic carbocycles. The molecule has 27 heavy (non-hydrogen) atoms. The zero-order valence-electron chi connectivity index (χ0n) is 15.6. The maximum atomic E-state index is 13.0. The van der Waals surface area contributed by atoms with E-state index in [0.717, 1.165) is 32.1 Å². The van der Waals surface area contributed by atoms with Gasteiger partial charge in [0.2, 0.25) is 11.8 Å². The standard InChI is InChI=1S/C20H27N3O4/c24-18(15-5-1-2-6-15)21-10-12-22(13-11-21)19(25)16-7-3-9-23(16)20(26)17-8-4-14-27-17/h4,8,14-16H,1-3,5-7,9-13H2. The molecule has 2 saturated heterocycles. The van der Waals surface area contributed by atoms with Crippen molar-refractivity contribution in [3.63, 3.8) is 0 Å². The van der Waals surface area contributed by atoms with Crippen molar-refractivity contribution in [2.24, 2.45) is 5.92 Å². The molecule has 0 N–H and O–H groups in total. The summed E-state index contributed by atoms with van der Waals surface area (Å²) in [7, 11) is 0. The van der Waals surface area contributed by atoms with Crippen LogP contribution in [0.3, 0.4) is 0 Å². The van der Waals surface area contributed by atoms with Gasteiger partial charge in [-0.3, -0.25) is 14.4 Å². The smallest absolute Gasteiger partial charge is 0.290 e. The number of piperazine rings is 1. The molecule has 7 nitrogen and oxygen atoms in total. The van der Waals surface area contributed by atoms with Gasteiger partial charge in [-0.15, -0.1) is 0 Å². The molecule has 1 unspecified atom stereocenters. The number of carbonyl (C=O) groups excluding carboxylic acids is 3. The van der Waals surface area contributed by atoms with Crippen molar-refractivity contribution >= 4 is 17.7 Å². The molecule has 1 aromatic rings. The van der Waals surface area contributed by atoms with E-state index in [9.17, 15) is 14.4 Å². The molecule has 0 spiro atoms. The SMILES string of the molecule is O=C(C1CCCC1)N1CCN(C(=O)C2CCCN2C(=O)c2ccco2)CC1. The molecular weight excluding hydrogens is 346 g/mol. The van der Waals surface area contributed by atoms with Gasteiger partial charge in [0.15, 0.2) is 5.76 Å². The fourth-order valence-corrected chi connectivity index (χ4v) is 4.60. The second-order valence-electron chi connectivity index (χ2n) is 7.77. The summed E-state index contributed by atoms with van der Waals surface area (Å²) in [6, 6.07) is 2.90. The first-order valence-corrected chi connectivity index (χ1v) is 10.1. The predicted molar refractivity (Wildman–Crippen MR) is 97.9 cm³/mol. The second kappa shape index (κ2) is 7.74. The molecule has 1 aliphatic carbocycles. The van der Waals surface area contributed by atoms with Crippen molar-refractivity contribution in [1.82, 2.24) is 14.7 Å². The zero-order valence-corrected chi connectivity index (χ0v) is 15.6. The van der Waals surface area contributed by atoms with Gasteiger partial charge in [-0.05, 0) is 37.8 Å². The van der Waals surface area contributed by atoms with E-state index < -0.39 is 6.04 Å². The van der Waals surface area contributed by atoms with Gasteiger partial charge in [0, 0.05) is 38.6 Å². The third-order valence-corrected chi connectivity index (χ3v) is 6.14. The molecule has 3 heterocycles. The lowest BCUT2D eigenvalue weighted by Gasteiger charge is -2.38. The molecule has 0 radical (unpaired) electrons. The number of carbonyl (C=O) groups is 3. The first kappa shape index (κ1) is 18.1. The van der Waals surface area contributed by atoms with Crippen LogP contribution < -0.4 is 0 Å². The molecule has 1 aromatic heterocycles. The van der Waals surface area contributed by atoms with Crippen LogP contribution in [-0.4, -0.2) is 71.2 Å². The van der Waals surface area contributed by atoms with Crippen LogP contribution >= 0.6 is 0 Å². The molecule has 4 rings (SSSR count). The average Bonchev–Trinajstić information content (AvgIpc) is 3.48. The van der Waals surface area contributed by atoms with Gasteiger partial charge in [0.05, 0.1) is 6.26 Å². The predicted octanol–water partition coefficient (Wildman–Crippen LogP) is 1.75. The van der Waals surface area contributed by atoms with Crippen molar-refractivity contribution < 1.29 is 18.8 Å². The highest BCUT2D eigenvalue weighted by Gasteiger charge is 2.39. The Balaban J connectivity index is 1.34. The largest absolute Gasteiger partial charge is 0.459 e. The Morgan fingerprint density at radius 2 is 1.52 bits per heavy atom. The molecule has 3 fully saturated rings. The first-order chi connectivity index (χ1) is 13.1. The van der Waals surface area contributed by atoms with Crippen LogP contribution in [0.25, 0.3) is 0 Å². The zero-order chi connectivity index (χ0) is 18.8. The Hall–Kier alpha value is -2.31. The number of hydrogen-bond donors (Lipinski definition) is 0. The minimum absolute atomic E-state index is 0.000344. The maximum absolute atomic E-state index is 13.0. The van der Waals surface area contributed by atoms with Crippen LogP contribution in [0.1, 0.15) is 49.1 Å². The molecule has 1 atom stereocenters. The van der Waals surface area contributed by atoms with Gasteiger partial charge in [-0.1, -0.05) is 12.8 Å². The Morgan fingerprint density at radius 1 is 0.852 bits per heavy atom. The van der Waals surface area contributed by atoms with Crippen LogP contribution in [-0.2, 0) is 9.59 Å². The van der Waals surface area contributed by atoms with Gasteiger partial charge in [0.25, 0.3) is 5.91 Å². The van der Waals surface area contributed by atoms with E-state index in [0.29, 0.717) is 39.1 Å². The fraction of sp³-hybridized carbons (Fsp3) is 0.650. The quantitative estimate of drug-likeness (QED) is 0.809. The lowest BCUT2D eigenvalue weighted by atomic mass is 10.1. The van der Waals surface area contributed by atoms with E-state index in [1.54, 1.807) is 17.0 Å². The Kier molecular flexibility index (Phi) is 5.18. The molecule has 146 valence electrons. The summed E-state index contributed by atoms with van der Waals surface area (Å²) in [6.07, 6.45) is 7.29. The Morgan fingerprint density at radius 3 is 2.15 bits per heavy atom. The Bertz CT molecular complexity index is 688. The lowest BCUT2D eigenvalue weighted by molar-refractivity contribution is -0.143. The highest BCUT2D eigenvalue weighted by atomic mass is 16.3. The summed E-state index contributed by atoms with van der Waals surface area (Å²) in [6.45, 7) is 2.88. The molecule has 2 aliphatic heterocycles. The normalized spacial score (nSPS) is 23.9. The topological polar surface area (TPSA) is 74.1 Å². The summed E-state index contributed by atoms with van der Waals surface area (Å²) < 4.78 is 5.21. The average molecular weight is 373 g/mol. The molecule has 3 aliphatic rings. The van der Waals surface area contributed by atoms with Gasteiger partial charge in [0.1, 0.15) is 6.04 Å². The van der Waals surface area contributed by atoms with Crippen molar-refractivity contribution in [3.05, 3.63) is 24.2 Å². The minimum Gasteiger partial charge on any atom is -0.459 e. The van der Waals surface area contributed by atoms with E-state index >= 15 is 0 Å². The van der Waals surface area contributed by atoms with Gasteiger partial charge in [-0.2, -0.15) is 0 Å². The van der Waals surface area contributed by atoms with Crippen molar-refractivity contribution in [2.75, 3.05) is 32.7 Å². The van der Waals surface area contributed by atoms with E-state index in [4.69, 9.17) is 4.42 Å². The van der Waals surface area contributed by atoms with Gasteiger partial charge < -0.3 is 19.1 Å². The number of nitrogens with zero attached hydrogens (tertiary/aromatic N) is 3. The van der Waals surface area contributed by atoms with Crippen LogP contribution in [0.5, 0.6) is 0 Å². The van der Waals surface area contributed by atoms with Crippen molar-refractivity contribution in [2.45, 2.75) is 44.6 Å². The molecule has 0 bridgehead atoms. The maximum Gasteiger partial charge on any atom is 0.290 e. The minimum atomic E-state index is -0.417. The molecule has 1 saturated carbocycles. The fourth-order valence-electron chi connectivity index (χ4n) is 4.60. The highest BCUT2D eigenvalue weighted by molar-refractivity contribution is 5.96. The van der Waals surface area contributed by atoms with Crippen LogP contribution in [0.15, 0.2) is 22.8 Å². The summed E-state index contributed by atoms with van der Waals surface area (Å²) >= 11 is 0. The Labute approximate surface area is 159 Å². The number of furan rings is 1. The third kappa shape index (κ3) is 3.59. The summed E-state index contributed by atoms with van der Waals surface area (Å²) in [5.41, 5.74) is 0. The lowest BCUT2D eigenvalue weighted by Crippen LogP contribution is -2.56. The number of hydrogen-bond acceptors (Lipinski definition) is 4. The van der Waals surface area contributed by atoms with Crippen LogP contribution in [0, 0.1) is 5.92 Å². The van der Waals surface area contributed by atoms with E-state index in [2.05, 4.69) is 0 Å². The third-order valence-electron chi connectivity index (χ3n) is 6.14. The van der Waals surface area contributed by atoms with E-state index in [1.165, 1.54) is 6.26 Å². The van der Waals surface area contributed by atoms with Crippen molar-refractivity contribution in [1.29, 1.82) is 0 Å². The van der Waals surface area contributed by atoms with Crippen LogP contribution in [0.2, 0.25) is 0 Å².